The molecule has 3 aromatic rings. The predicted octanol–water partition coefficient (Wildman–Crippen LogP) is 4.35. The standard InChI is InChI=1S/C20H16ClFN4OS/c21-11-3-4-15(22)13(6-11)20-8-14(20)18-16(25-19(28)26(18)10-20)7-17(27)24-12-2-1-5-23-9-12/h1-6,9,14H,7-8,10H2,(H,24,27)(H,25,28)/t14-,20+/m0/s1. The fourth-order valence-corrected chi connectivity index (χ4v) is 4.87. The molecule has 2 atom stereocenters. The Morgan fingerprint density at radius 2 is 2.32 bits per heavy atom. The number of imidazole rings is 1. The van der Waals surface area contributed by atoms with Crippen LogP contribution in [-0.2, 0) is 23.2 Å². The molecule has 1 fully saturated rings. The molecule has 28 heavy (non-hydrogen) atoms. The summed E-state index contributed by atoms with van der Waals surface area (Å²) in [5, 5.41) is 3.36. The van der Waals surface area contributed by atoms with Crippen molar-refractivity contribution in [3.8, 4) is 0 Å². The lowest BCUT2D eigenvalue weighted by Gasteiger charge is -2.14. The summed E-state index contributed by atoms with van der Waals surface area (Å²) in [4.78, 5) is 19.6. The minimum Gasteiger partial charge on any atom is -0.334 e. The van der Waals surface area contributed by atoms with Crippen LogP contribution in [0.5, 0.6) is 0 Å². The third kappa shape index (κ3) is 2.69. The van der Waals surface area contributed by atoms with E-state index >= 15 is 0 Å². The fourth-order valence-electron chi connectivity index (χ4n) is 4.41. The lowest BCUT2D eigenvalue weighted by molar-refractivity contribution is -0.115. The van der Waals surface area contributed by atoms with Crippen molar-refractivity contribution in [2.75, 3.05) is 5.32 Å². The van der Waals surface area contributed by atoms with Crippen LogP contribution in [0, 0.1) is 10.6 Å². The number of nitrogens with one attached hydrogen (secondary N) is 2. The first kappa shape index (κ1) is 17.6. The summed E-state index contributed by atoms with van der Waals surface area (Å²) in [5.74, 6) is -0.266. The molecule has 1 aliphatic heterocycles. The predicted molar refractivity (Wildman–Crippen MR) is 107 cm³/mol. The van der Waals surface area contributed by atoms with Gasteiger partial charge in [0, 0.05) is 40.5 Å². The Kier molecular flexibility index (Phi) is 3.93. The smallest absolute Gasteiger partial charge is 0.230 e. The molecule has 1 aromatic carbocycles. The minimum atomic E-state index is -0.318. The van der Waals surface area contributed by atoms with E-state index in [0.29, 0.717) is 27.6 Å². The largest absolute Gasteiger partial charge is 0.334 e. The number of fused-ring (bicyclic) bond motifs is 3. The van der Waals surface area contributed by atoms with E-state index in [-0.39, 0.29) is 29.5 Å². The van der Waals surface area contributed by atoms with Crippen LogP contribution in [0.1, 0.15) is 29.3 Å². The summed E-state index contributed by atoms with van der Waals surface area (Å²) >= 11 is 11.6. The van der Waals surface area contributed by atoms with Crippen molar-refractivity contribution in [2.45, 2.75) is 30.7 Å². The minimum absolute atomic E-state index is 0.134. The van der Waals surface area contributed by atoms with E-state index in [1.54, 1.807) is 36.7 Å². The molecule has 2 N–H and O–H groups in total. The Balaban J connectivity index is 1.43. The summed E-state index contributed by atoms with van der Waals surface area (Å²) in [6.07, 6.45) is 4.24. The van der Waals surface area contributed by atoms with E-state index in [9.17, 15) is 9.18 Å². The molecule has 0 saturated heterocycles. The van der Waals surface area contributed by atoms with Gasteiger partial charge in [-0.15, -0.1) is 0 Å². The molecule has 0 spiro atoms. The van der Waals surface area contributed by atoms with Gasteiger partial charge in [0.1, 0.15) is 5.82 Å². The Labute approximate surface area is 170 Å². The zero-order valence-corrected chi connectivity index (χ0v) is 16.3. The molecule has 5 rings (SSSR count). The molecular formula is C20H16ClFN4OS. The first-order chi connectivity index (χ1) is 13.5. The van der Waals surface area contributed by atoms with Crippen LogP contribution in [0.4, 0.5) is 10.1 Å². The molecule has 142 valence electrons. The quantitative estimate of drug-likeness (QED) is 0.624. The monoisotopic (exact) mass is 414 g/mol. The van der Waals surface area contributed by atoms with Gasteiger partial charge in [-0.05, 0) is 54.5 Å². The number of carbonyl (C=O) groups excluding carboxylic acids is 1. The van der Waals surface area contributed by atoms with Crippen molar-refractivity contribution in [1.29, 1.82) is 0 Å². The van der Waals surface area contributed by atoms with Gasteiger partial charge >= 0.3 is 0 Å². The lowest BCUT2D eigenvalue weighted by atomic mass is 9.93. The average Bonchev–Trinajstić information content (AvgIpc) is 3.16. The number of aromatic nitrogens is 3. The molecule has 5 nitrogen and oxygen atoms in total. The van der Waals surface area contributed by atoms with Crippen molar-refractivity contribution in [1.82, 2.24) is 14.5 Å². The van der Waals surface area contributed by atoms with Crippen LogP contribution in [0.3, 0.4) is 0 Å². The molecule has 0 bridgehead atoms. The van der Waals surface area contributed by atoms with Crippen LogP contribution in [0.2, 0.25) is 5.02 Å². The SMILES string of the molecule is O=C(Cc1[nH]c(=S)n2c1[C@@H]1C[C@]1(c1cc(Cl)ccc1F)C2)Nc1cccnc1. The van der Waals surface area contributed by atoms with E-state index in [4.69, 9.17) is 23.8 Å². The Morgan fingerprint density at radius 1 is 1.46 bits per heavy atom. The van der Waals surface area contributed by atoms with Gasteiger partial charge in [-0.1, -0.05) is 11.6 Å². The van der Waals surface area contributed by atoms with Crippen LogP contribution in [0.25, 0.3) is 0 Å². The van der Waals surface area contributed by atoms with Crippen molar-refractivity contribution >= 4 is 35.4 Å². The number of amides is 1. The molecule has 2 aliphatic rings. The van der Waals surface area contributed by atoms with Crippen LogP contribution in [0.15, 0.2) is 42.7 Å². The number of anilines is 1. The maximum atomic E-state index is 14.5. The zero-order valence-electron chi connectivity index (χ0n) is 14.7. The van der Waals surface area contributed by atoms with Gasteiger partial charge in [-0.2, -0.15) is 0 Å². The number of halogens is 2. The third-order valence-corrected chi connectivity index (χ3v) is 6.25. The summed E-state index contributed by atoms with van der Waals surface area (Å²) < 4.78 is 17.1. The normalized spacial score (nSPS) is 21.9. The van der Waals surface area contributed by atoms with Crippen LogP contribution < -0.4 is 5.32 Å². The molecule has 1 saturated carbocycles. The van der Waals surface area contributed by atoms with E-state index in [1.165, 1.54) is 6.07 Å². The van der Waals surface area contributed by atoms with Gasteiger partial charge < -0.3 is 14.9 Å². The van der Waals surface area contributed by atoms with E-state index < -0.39 is 0 Å². The number of pyridine rings is 1. The topological polar surface area (TPSA) is 62.7 Å². The summed E-state index contributed by atoms with van der Waals surface area (Å²) in [6.45, 7) is 0.601. The van der Waals surface area contributed by atoms with Crippen LogP contribution >= 0.6 is 23.8 Å². The molecule has 0 unspecified atom stereocenters. The number of carbonyl (C=O) groups is 1. The second kappa shape index (κ2) is 6.25. The third-order valence-electron chi connectivity index (χ3n) is 5.70. The number of hydrogen-bond acceptors (Lipinski definition) is 3. The van der Waals surface area contributed by atoms with E-state index in [0.717, 1.165) is 17.8 Å². The van der Waals surface area contributed by atoms with Gasteiger partial charge in [0.05, 0.1) is 18.3 Å². The lowest BCUT2D eigenvalue weighted by Crippen LogP contribution is -2.15. The Morgan fingerprint density at radius 3 is 3.11 bits per heavy atom. The Bertz CT molecular complexity index is 1160. The highest BCUT2D eigenvalue weighted by molar-refractivity contribution is 7.71. The van der Waals surface area contributed by atoms with Crippen molar-refractivity contribution in [3.63, 3.8) is 0 Å². The highest BCUT2D eigenvalue weighted by atomic mass is 35.5. The molecule has 1 amide bonds. The van der Waals surface area contributed by atoms with Crippen molar-refractivity contribution in [3.05, 3.63) is 75.3 Å². The van der Waals surface area contributed by atoms with Gasteiger partial charge in [-0.25, -0.2) is 4.39 Å². The van der Waals surface area contributed by atoms with Crippen molar-refractivity contribution in [2.24, 2.45) is 0 Å². The molecule has 3 heterocycles. The first-order valence-corrected chi connectivity index (χ1v) is 9.73. The zero-order chi connectivity index (χ0) is 19.5. The van der Waals surface area contributed by atoms with E-state index in [1.807, 2.05) is 4.57 Å². The maximum absolute atomic E-state index is 14.5. The summed E-state index contributed by atoms with van der Waals surface area (Å²) in [5.41, 5.74) is 2.75. The molecule has 0 radical (unpaired) electrons. The second-order valence-electron chi connectivity index (χ2n) is 7.38. The summed E-state index contributed by atoms with van der Waals surface area (Å²) in [7, 11) is 0. The van der Waals surface area contributed by atoms with Gasteiger partial charge in [0.2, 0.25) is 5.91 Å². The highest BCUT2D eigenvalue weighted by Crippen LogP contribution is 2.66. The average molecular weight is 415 g/mol. The Hall–Kier alpha value is -2.51. The van der Waals surface area contributed by atoms with E-state index in [2.05, 4.69) is 15.3 Å². The van der Waals surface area contributed by atoms with Gasteiger partial charge in [-0.3, -0.25) is 9.78 Å². The van der Waals surface area contributed by atoms with Crippen molar-refractivity contribution < 1.29 is 9.18 Å². The van der Waals surface area contributed by atoms with Gasteiger partial charge in [0.25, 0.3) is 0 Å². The highest BCUT2D eigenvalue weighted by Gasteiger charge is 2.63. The first-order valence-electron chi connectivity index (χ1n) is 8.95. The number of hydrogen-bond donors (Lipinski definition) is 2. The number of benzene rings is 1. The number of aromatic amines is 1. The molecule has 1 aliphatic carbocycles. The summed E-state index contributed by atoms with van der Waals surface area (Å²) in [6, 6.07) is 8.23. The van der Waals surface area contributed by atoms with Crippen LogP contribution in [-0.4, -0.2) is 20.4 Å². The number of rotatable bonds is 4. The maximum Gasteiger partial charge on any atom is 0.230 e. The van der Waals surface area contributed by atoms with Gasteiger partial charge in [0.15, 0.2) is 4.77 Å². The molecular weight excluding hydrogens is 399 g/mol. The number of H-pyrrole nitrogens is 1. The fraction of sp³-hybridized carbons (Fsp3) is 0.250. The molecule has 8 heteroatoms. The molecule has 2 aromatic heterocycles. The second-order valence-corrected chi connectivity index (χ2v) is 8.21. The number of nitrogens with zero attached hydrogens (tertiary/aromatic N) is 2.